The molecule has 0 amide bonds. The van der Waals surface area contributed by atoms with Crippen LogP contribution >= 0.6 is 0 Å². The van der Waals surface area contributed by atoms with Gasteiger partial charge in [0.25, 0.3) is 0 Å². The van der Waals surface area contributed by atoms with Crippen molar-refractivity contribution in [2.75, 3.05) is 7.11 Å². The van der Waals surface area contributed by atoms with Crippen LogP contribution in [0.15, 0.2) is 11.1 Å². The molecule has 0 bridgehead atoms. The van der Waals surface area contributed by atoms with E-state index < -0.39 is 11.4 Å². The maximum absolute atomic E-state index is 12.0. The summed E-state index contributed by atoms with van der Waals surface area (Å²) in [6.45, 7) is 6.16. The molecule has 0 radical (unpaired) electrons. The van der Waals surface area contributed by atoms with E-state index in [1.165, 1.54) is 0 Å². The van der Waals surface area contributed by atoms with Crippen LogP contribution in [0.25, 0.3) is 0 Å². The van der Waals surface area contributed by atoms with Gasteiger partial charge in [-0.1, -0.05) is 20.3 Å². The standard InChI is InChI=1S/C16H24O4/c1-10-6-5-7-15(18)9-16(19-4)12(8-14(10,15)3)11(2)13(17)20-16/h10,18H,5-9H2,1-4H3. The Hall–Kier alpha value is -0.870. The van der Waals surface area contributed by atoms with Gasteiger partial charge in [0.1, 0.15) is 0 Å². The molecule has 1 N–H and O–H groups in total. The Labute approximate surface area is 120 Å². The average Bonchev–Trinajstić information content (AvgIpc) is 2.62. The fraction of sp³-hybridized carbons (Fsp3) is 0.812. The number of ether oxygens (including phenoxy) is 2. The molecule has 4 atom stereocenters. The minimum atomic E-state index is -1.04. The molecule has 4 heteroatoms. The maximum atomic E-state index is 12.0. The van der Waals surface area contributed by atoms with Crippen LogP contribution in [0, 0.1) is 11.3 Å². The second-order valence-electron chi connectivity index (χ2n) is 7.05. The van der Waals surface area contributed by atoms with Gasteiger partial charge in [0.15, 0.2) is 0 Å². The number of hydrogen-bond acceptors (Lipinski definition) is 4. The van der Waals surface area contributed by atoms with Crippen molar-refractivity contribution in [3.05, 3.63) is 11.1 Å². The number of hydrogen-bond donors (Lipinski definition) is 1. The lowest BCUT2D eigenvalue weighted by molar-refractivity contribution is -0.257. The van der Waals surface area contributed by atoms with Crippen LogP contribution < -0.4 is 0 Å². The molecule has 4 nitrogen and oxygen atoms in total. The fourth-order valence-corrected chi connectivity index (χ4v) is 4.49. The zero-order valence-electron chi connectivity index (χ0n) is 12.8. The molecule has 0 saturated heterocycles. The molecule has 2 saturated carbocycles. The van der Waals surface area contributed by atoms with Crippen LogP contribution in [-0.2, 0) is 14.3 Å². The summed E-state index contributed by atoms with van der Waals surface area (Å²) in [7, 11) is 1.56. The first-order chi connectivity index (χ1) is 9.28. The number of fused-ring (bicyclic) bond motifs is 2. The van der Waals surface area contributed by atoms with E-state index in [9.17, 15) is 9.90 Å². The van der Waals surface area contributed by atoms with Gasteiger partial charge in [-0.3, -0.25) is 0 Å². The Morgan fingerprint density at radius 3 is 2.80 bits per heavy atom. The van der Waals surface area contributed by atoms with Gasteiger partial charge in [-0.15, -0.1) is 0 Å². The number of aliphatic hydroxyl groups is 1. The molecule has 1 aliphatic heterocycles. The van der Waals surface area contributed by atoms with E-state index >= 15 is 0 Å². The quantitative estimate of drug-likeness (QED) is 0.750. The van der Waals surface area contributed by atoms with Crippen LogP contribution in [0.1, 0.15) is 52.9 Å². The summed E-state index contributed by atoms with van der Waals surface area (Å²) in [6.07, 6.45) is 3.92. The highest BCUT2D eigenvalue weighted by Gasteiger charge is 2.65. The van der Waals surface area contributed by atoms with Gasteiger partial charge in [-0.25, -0.2) is 4.79 Å². The molecule has 3 rings (SSSR count). The molecule has 2 aliphatic carbocycles. The second-order valence-corrected chi connectivity index (χ2v) is 7.05. The van der Waals surface area contributed by atoms with E-state index in [1.54, 1.807) is 14.0 Å². The first-order valence-electron chi connectivity index (χ1n) is 7.49. The third-order valence-corrected chi connectivity index (χ3v) is 6.25. The maximum Gasteiger partial charge on any atom is 0.336 e. The Balaban J connectivity index is 2.11. The molecule has 3 aliphatic rings. The van der Waals surface area contributed by atoms with Crippen molar-refractivity contribution in [2.24, 2.45) is 11.3 Å². The van der Waals surface area contributed by atoms with Crippen LogP contribution in [0.5, 0.6) is 0 Å². The number of rotatable bonds is 1. The predicted molar refractivity (Wildman–Crippen MR) is 73.8 cm³/mol. The van der Waals surface area contributed by atoms with Crippen molar-refractivity contribution in [2.45, 2.75) is 64.3 Å². The van der Waals surface area contributed by atoms with Gasteiger partial charge in [-0.2, -0.15) is 0 Å². The normalized spacial score (nSPS) is 47.9. The molecule has 0 aromatic heterocycles. The van der Waals surface area contributed by atoms with E-state index in [-0.39, 0.29) is 11.4 Å². The lowest BCUT2D eigenvalue weighted by atomic mass is 9.51. The van der Waals surface area contributed by atoms with E-state index in [4.69, 9.17) is 9.47 Å². The number of methoxy groups -OCH3 is 1. The largest absolute Gasteiger partial charge is 0.425 e. The highest BCUT2D eigenvalue weighted by Crippen LogP contribution is 2.62. The zero-order chi connectivity index (χ0) is 14.8. The summed E-state index contributed by atoms with van der Waals surface area (Å²) >= 11 is 0. The fourth-order valence-electron chi connectivity index (χ4n) is 4.49. The summed E-state index contributed by atoms with van der Waals surface area (Å²) < 4.78 is 11.1. The van der Waals surface area contributed by atoms with Gasteiger partial charge >= 0.3 is 5.97 Å². The zero-order valence-corrected chi connectivity index (χ0v) is 12.8. The van der Waals surface area contributed by atoms with Crippen molar-refractivity contribution in [3.63, 3.8) is 0 Å². The monoisotopic (exact) mass is 280 g/mol. The number of carbonyl (C=O) groups is 1. The average molecular weight is 280 g/mol. The summed E-state index contributed by atoms with van der Waals surface area (Å²) in [5.41, 5.74) is 0.561. The molecular formula is C16H24O4. The first-order valence-corrected chi connectivity index (χ1v) is 7.49. The Morgan fingerprint density at radius 1 is 1.45 bits per heavy atom. The van der Waals surface area contributed by atoms with Gasteiger partial charge in [0.05, 0.1) is 5.60 Å². The van der Waals surface area contributed by atoms with Crippen LogP contribution in [0.4, 0.5) is 0 Å². The number of carbonyl (C=O) groups excluding carboxylic acids is 1. The van der Waals surface area contributed by atoms with Crippen LogP contribution in [0.3, 0.4) is 0 Å². The molecule has 20 heavy (non-hydrogen) atoms. The van der Waals surface area contributed by atoms with Crippen molar-refractivity contribution >= 4 is 5.97 Å². The van der Waals surface area contributed by atoms with Gasteiger partial charge in [0.2, 0.25) is 5.79 Å². The molecule has 0 aromatic rings. The Kier molecular flexibility index (Phi) is 2.87. The van der Waals surface area contributed by atoms with Crippen molar-refractivity contribution in [1.82, 2.24) is 0 Å². The minimum Gasteiger partial charge on any atom is -0.425 e. The Morgan fingerprint density at radius 2 is 2.15 bits per heavy atom. The summed E-state index contributed by atoms with van der Waals surface area (Å²) in [4.78, 5) is 12.0. The van der Waals surface area contributed by atoms with Crippen molar-refractivity contribution in [3.8, 4) is 0 Å². The van der Waals surface area contributed by atoms with Gasteiger partial charge in [0, 0.05) is 30.1 Å². The van der Waals surface area contributed by atoms with Crippen molar-refractivity contribution in [1.29, 1.82) is 0 Å². The Bertz CT molecular complexity index is 497. The molecule has 1 heterocycles. The topological polar surface area (TPSA) is 55.8 Å². The van der Waals surface area contributed by atoms with Gasteiger partial charge in [-0.05, 0) is 32.1 Å². The van der Waals surface area contributed by atoms with Crippen LogP contribution in [0.2, 0.25) is 0 Å². The van der Waals surface area contributed by atoms with Crippen LogP contribution in [-0.4, -0.2) is 29.6 Å². The lowest BCUT2D eigenvalue weighted by Gasteiger charge is -2.58. The third kappa shape index (κ3) is 1.52. The summed E-state index contributed by atoms with van der Waals surface area (Å²) in [5.74, 6) is -0.917. The van der Waals surface area contributed by atoms with Crippen molar-refractivity contribution < 1.29 is 19.4 Å². The van der Waals surface area contributed by atoms with Gasteiger partial charge < -0.3 is 14.6 Å². The smallest absolute Gasteiger partial charge is 0.336 e. The first kappa shape index (κ1) is 14.1. The SMILES string of the molecule is COC12CC3(O)CCCC(C)C3(C)CC1=C(C)C(=O)O2. The lowest BCUT2D eigenvalue weighted by Crippen LogP contribution is -2.62. The van der Waals surface area contributed by atoms with E-state index in [2.05, 4.69) is 13.8 Å². The van der Waals surface area contributed by atoms with E-state index in [0.29, 0.717) is 24.3 Å². The third-order valence-electron chi connectivity index (χ3n) is 6.25. The number of esters is 1. The second kappa shape index (κ2) is 4.08. The molecule has 2 fully saturated rings. The van der Waals surface area contributed by atoms with E-state index in [1.807, 2.05) is 0 Å². The summed E-state index contributed by atoms with van der Waals surface area (Å²) in [6, 6.07) is 0. The summed E-state index contributed by atoms with van der Waals surface area (Å²) in [5, 5.41) is 11.2. The highest BCUT2D eigenvalue weighted by atomic mass is 16.7. The molecule has 0 spiro atoms. The predicted octanol–water partition coefficient (Wildman–Crippen LogP) is 2.55. The molecular weight excluding hydrogens is 256 g/mol. The molecule has 0 aromatic carbocycles. The minimum absolute atomic E-state index is 0.210. The molecule has 112 valence electrons. The highest BCUT2D eigenvalue weighted by molar-refractivity contribution is 5.92. The molecule has 4 unspecified atom stereocenters. The van der Waals surface area contributed by atoms with E-state index in [0.717, 1.165) is 24.8 Å².